The molecule has 0 saturated heterocycles. The Labute approximate surface area is 89.8 Å². The van der Waals surface area contributed by atoms with E-state index < -0.39 is 11.7 Å². The van der Waals surface area contributed by atoms with Crippen molar-refractivity contribution in [2.45, 2.75) is 6.18 Å². The van der Waals surface area contributed by atoms with Crippen molar-refractivity contribution in [1.82, 2.24) is 0 Å². The molecule has 1 aromatic rings. The van der Waals surface area contributed by atoms with E-state index in [-0.39, 0.29) is 18.1 Å². The first-order valence-corrected chi connectivity index (χ1v) is 4.26. The number of aldehydes is 1. The number of hydrogen-bond acceptors (Lipinski definition) is 3. The third-order valence-corrected chi connectivity index (χ3v) is 1.74. The molecule has 16 heavy (non-hydrogen) atoms. The number of ether oxygens (including phenoxy) is 2. The molecule has 0 aliphatic heterocycles. The van der Waals surface area contributed by atoms with E-state index in [1.807, 2.05) is 0 Å². The summed E-state index contributed by atoms with van der Waals surface area (Å²) in [6.45, 7) is -0.181. The molecule has 0 radical (unpaired) electrons. The minimum absolute atomic E-state index is 0.0567. The van der Waals surface area contributed by atoms with Gasteiger partial charge in [-0.15, -0.1) is 0 Å². The smallest absolute Gasteiger partial charge is 0.416 e. The molecule has 88 valence electrons. The minimum atomic E-state index is -4.51. The predicted octanol–water partition coefficient (Wildman–Crippen LogP) is 2.50. The average Bonchev–Trinajstić information content (AvgIpc) is 2.24. The molecule has 1 aromatic carbocycles. The van der Waals surface area contributed by atoms with Gasteiger partial charge in [-0.1, -0.05) is 0 Å². The average molecular weight is 234 g/mol. The number of alkyl halides is 3. The summed E-state index contributed by atoms with van der Waals surface area (Å²) in [7, 11) is 1.34. The highest BCUT2D eigenvalue weighted by atomic mass is 19.4. The number of carbonyl (C=O) groups is 1. The van der Waals surface area contributed by atoms with Crippen molar-refractivity contribution in [2.75, 3.05) is 13.9 Å². The molecule has 0 amide bonds. The van der Waals surface area contributed by atoms with Crippen molar-refractivity contribution in [3.63, 3.8) is 0 Å². The van der Waals surface area contributed by atoms with Crippen LogP contribution in [0.1, 0.15) is 15.9 Å². The molecular formula is C10H9F3O3. The highest BCUT2D eigenvalue weighted by molar-refractivity contribution is 5.76. The van der Waals surface area contributed by atoms with Crippen molar-refractivity contribution in [1.29, 1.82) is 0 Å². The largest absolute Gasteiger partial charge is 0.468 e. The molecular weight excluding hydrogens is 225 g/mol. The Kier molecular flexibility index (Phi) is 3.89. The number of halogens is 3. The maximum Gasteiger partial charge on any atom is 0.416 e. The monoisotopic (exact) mass is 234 g/mol. The van der Waals surface area contributed by atoms with Gasteiger partial charge in [0, 0.05) is 12.7 Å². The summed E-state index contributed by atoms with van der Waals surface area (Å²) >= 11 is 0. The Bertz CT molecular complexity index is 374. The van der Waals surface area contributed by atoms with Crippen LogP contribution in [0, 0.1) is 0 Å². The van der Waals surface area contributed by atoms with Gasteiger partial charge in [0.15, 0.2) is 6.79 Å². The number of rotatable bonds is 4. The highest BCUT2D eigenvalue weighted by Gasteiger charge is 2.31. The fourth-order valence-electron chi connectivity index (χ4n) is 1.06. The van der Waals surface area contributed by atoms with Crippen LogP contribution >= 0.6 is 0 Å². The molecule has 0 atom stereocenters. The summed E-state index contributed by atoms with van der Waals surface area (Å²) in [5, 5.41) is 0. The number of carbonyl (C=O) groups excluding carboxylic acids is 1. The van der Waals surface area contributed by atoms with Crippen LogP contribution in [0.15, 0.2) is 18.2 Å². The van der Waals surface area contributed by atoms with Gasteiger partial charge in [0.1, 0.15) is 12.0 Å². The lowest BCUT2D eigenvalue weighted by molar-refractivity contribution is -0.137. The minimum Gasteiger partial charge on any atom is -0.468 e. The van der Waals surface area contributed by atoms with E-state index in [0.717, 1.165) is 12.1 Å². The van der Waals surface area contributed by atoms with E-state index in [1.165, 1.54) is 13.2 Å². The molecule has 6 heteroatoms. The van der Waals surface area contributed by atoms with E-state index in [0.29, 0.717) is 6.29 Å². The van der Waals surface area contributed by atoms with E-state index in [4.69, 9.17) is 4.74 Å². The molecule has 0 spiro atoms. The van der Waals surface area contributed by atoms with E-state index in [2.05, 4.69) is 4.74 Å². The van der Waals surface area contributed by atoms with Crippen molar-refractivity contribution < 1.29 is 27.4 Å². The van der Waals surface area contributed by atoms with E-state index in [1.54, 1.807) is 0 Å². The molecule has 0 fully saturated rings. The summed E-state index contributed by atoms with van der Waals surface area (Å²) < 4.78 is 46.6. The lowest BCUT2D eigenvalue weighted by Crippen LogP contribution is -2.07. The fraction of sp³-hybridized carbons (Fsp3) is 0.300. The zero-order chi connectivity index (χ0) is 12.2. The molecule has 0 aliphatic carbocycles. The first-order chi connectivity index (χ1) is 7.47. The van der Waals surface area contributed by atoms with Crippen molar-refractivity contribution in [2.24, 2.45) is 0 Å². The van der Waals surface area contributed by atoms with E-state index in [9.17, 15) is 18.0 Å². The van der Waals surface area contributed by atoms with Gasteiger partial charge in [-0.25, -0.2) is 0 Å². The number of hydrogen-bond donors (Lipinski definition) is 0. The lowest BCUT2D eigenvalue weighted by atomic mass is 10.1. The Balaban J connectivity index is 3.06. The number of benzene rings is 1. The summed E-state index contributed by atoms with van der Waals surface area (Å²) in [6.07, 6.45) is -4.18. The van der Waals surface area contributed by atoms with Crippen LogP contribution in [-0.4, -0.2) is 20.2 Å². The van der Waals surface area contributed by atoms with Gasteiger partial charge in [0.2, 0.25) is 0 Å². The highest BCUT2D eigenvalue weighted by Crippen LogP contribution is 2.32. The second-order valence-corrected chi connectivity index (χ2v) is 2.96. The van der Waals surface area contributed by atoms with Crippen molar-refractivity contribution in [3.05, 3.63) is 29.3 Å². The molecule has 0 N–H and O–H groups in total. The Morgan fingerprint density at radius 3 is 2.50 bits per heavy atom. The van der Waals surface area contributed by atoms with Crippen LogP contribution in [0.2, 0.25) is 0 Å². The third kappa shape index (κ3) is 3.23. The Hall–Kier alpha value is -1.56. The van der Waals surface area contributed by atoms with E-state index >= 15 is 0 Å². The predicted molar refractivity (Wildman–Crippen MR) is 49.3 cm³/mol. The molecule has 0 unspecified atom stereocenters. The maximum atomic E-state index is 12.4. The zero-order valence-electron chi connectivity index (χ0n) is 8.38. The molecule has 3 nitrogen and oxygen atoms in total. The van der Waals surface area contributed by atoms with Crippen LogP contribution in [0.3, 0.4) is 0 Å². The Morgan fingerprint density at radius 2 is 2.00 bits per heavy atom. The van der Waals surface area contributed by atoms with Crippen molar-refractivity contribution >= 4 is 6.29 Å². The maximum absolute atomic E-state index is 12.4. The summed E-state index contributed by atoms with van der Waals surface area (Å²) in [5.41, 5.74) is -1.02. The van der Waals surface area contributed by atoms with Gasteiger partial charge >= 0.3 is 6.18 Å². The molecule has 0 aromatic heterocycles. The Morgan fingerprint density at radius 1 is 1.31 bits per heavy atom. The van der Waals surface area contributed by atoms with Crippen LogP contribution in [-0.2, 0) is 10.9 Å². The normalized spacial score (nSPS) is 11.2. The van der Waals surface area contributed by atoms with Crippen LogP contribution in [0.5, 0.6) is 5.75 Å². The van der Waals surface area contributed by atoms with Gasteiger partial charge in [0.25, 0.3) is 0 Å². The molecule has 1 rings (SSSR count). The summed E-state index contributed by atoms with van der Waals surface area (Å²) in [4.78, 5) is 10.5. The third-order valence-electron chi connectivity index (χ3n) is 1.74. The zero-order valence-corrected chi connectivity index (χ0v) is 8.38. The summed E-state index contributed by atoms with van der Waals surface area (Å²) in [5.74, 6) is -0.0567. The van der Waals surface area contributed by atoms with Crippen LogP contribution < -0.4 is 4.74 Å². The van der Waals surface area contributed by atoms with Crippen LogP contribution in [0.4, 0.5) is 13.2 Å². The first-order valence-electron chi connectivity index (χ1n) is 4.26. The standard InChI is InChI=1S/C10H9F3O3/c1-15-6-16-9-3-7(5-14)2-8(4-9)10(11,12)13/h2-5H,6H2,1H3. The second-order valence-electron chi connectivity index (χ2n) is 2.96. The molecule has 0 heterocycles. The molecule has 0 bridgehead atoms. The topological polar surface area (TPSA) is 35.5 Å². The lowest BCUT2D eigenvalue weighted by Gasteiger charge is -2.10. The quantitative estimate of drug-likeness (QED) is 0.593. The number of methoxy groups -OCH3 is 1. The summed E-state index contributed by atoms with van der Waals surface area (Å²) in [6, 6.07) is 2.78. The SMILES string of the molecule is COCOc1cc(C=O)cc(C(F)(F)F)c1. The van der Waals surface area contributed by atoms with Crippen LogP contribution in [0.25, 0.3) is 0 Å². The molecule has 0 aliphatic rings. The van der Waals surface area contributed by atoms with Gasteiger partial charge in [0.05, 0.1) is 5.56 Å². The second kappa shape index (κ2) is 4.98. The molecule has 0 saturated carbocycles. The van der Waals surface area contributed by atoms with Gasteiger partial charge in [-0.3, -0.25) is 4.79 Å². The fourth-order valence-corrected chi connectivity index (χ4v) is 1.06. The first kappa shape index (κ1) is 12.5. The van der Waals surface area contributed by atoms with Gasteiger partial charge in [-0.05, 0) is 18.2 Å². The van der Waals surface area contributed by atoms with Gasteiger partial charge < -0.3 is 9.47 Å². The van der Waals surface area contributed by atoms with Gasteiger partial charge in [-0.2, -0.15) is 13.2 Å². The van der Waals surface area contributed by atoms with Crippen molar-refractivity contribution in [3.8, 4) is 5.75 Å².